The molecule has 0 bridgehead atoms. The lowest BCUT2D eigenvalue weighted by atomic mass is 10.3. The summed E-state index contributed by atoms with van der Waals surface area (Å²) in [4.78, 5) is 38.0. The second-order valence-corrected chi connectivity index (χ2v) is 4.84. The predicted molar refractivity (Wildman–Crippen MR) is 72.8 cm³/mol. The average Bonchev–Trinajstić information content (AvgIpc) is 2.79. The highest BCUT2D eigenvalue weighted by Crippen LogP contribution is 2.08. The Kier molecular flexibility index (Phi) is 7.17. The first kappa shape index (κ1) is 16.6. The molecule has 1 fully saturated rings. The molecule has 0 unspecified atom stereocenters. The largest absolute Gasteiger partial charge is 0.396 e. The van der Waals surface area contributed by atoms with Gasteiger partial charge in [-0.3, -0.25) is 24.6 Å². The van der Waals surface area contributed by atoms with Gasteiger partial charge in [0.15, 0.2) is 0 Å². The third kappa shape index (κ3) is 5.66. The van der Waals surface area contributed by atoms with Crippen LogP contribution >= 0.6 is 0 Å². The number of rotatable bonds is 8. The normalized spacial score (nSPS) is 14.9. The van der Waals surface area contributed by atoms with E-state index in [0.717, 1.165) is 6.42 Å². The summed E-state index contributed by atoms with van der Waals surface area (Å²) in [5.74, 6) is -0.851. The van der Waals surface area contributed by atoms with E-state index in [9.17, 15) is 14.4 Å². The number of aliphatic hydroxyl groups is 1. The van der Waals surface area contributed by atoms with E-state index in [1.165, 1.54) is 4.90 Å². The number of amides is 3. The van der Waals surface area contributed by atoms with Crippen molar-refractivity contribution in [3.8, 4) is 0 Å². The lowest BCUT2D eigenvalue weighted by Crippen LogP contribution is -2.44. The quantitative estimate of drug-likeness (QED) is 0.594. The van der Waals surface area contributed by atoms with E-state index in [1.807, 2.05) is 11.8 Å². The second kappa shape index (κ2) is 8.65. The van der Waals surface area contributed by atoms with Crippen molar-refractivity contribution in [2.45, 2.75) is 26.2 Å². The summed E-state index contributed by atoms with van der Waals surface area (Å²) in [6, 6.07) is 0. The van der Waals surface area contributed by atoms with E-state index < -0.39 is 5.91 Å². The number of carbonyl (C=O) groups is 3. The summed E-state index contributed by atoms with van der Waals surface area (Å²) < 4.78 is 0. The second-order valence-electron chi connectivity index (χ2n) is 4.84. The van der Waals surface area contributed by atoms with Crippen molar-refractivity contribution in [2.75, 3.05) is 39.3 Å². The van der Waals surface area contributed by atoms with Gasteiger partial charge in [0.25, 0.3) is 0 Å². The third-order valence-corrected chi connectivity index (χ3v) is 3.23. The van der Waals surface area contributed by atoms with E-state index in [1.54, 1.807) is 0 Å². The first-order valence-electron chi connectivity index (χ1n) is 7.00. The van der Waals surface area contributed by atoms with E-state index in [0.29, 0.717) is 32.5 Å². The number of hydrogen-bond acceptors (Lipinski definition) is 5. The zero-order chi connectivity index (χ0) is 15.0. The Hall–Kier alpha value is -1.47. The van der Waals surface area contributed by atoms with Gasteiger partial charge < -0.3 is 10.0 Å². The standard InChI is InChI=1S/C13H23N3O4/c1-2-15(6-4-8-17)9-11(18)14-12(19)10-16-7-3-5-13(16)20/h17H,2-10H2,1H3,(H,14,18,19). The number of carbonyl (C=O) groups excluding carboxylic acids is 3. The molecular weight excluding hydrogens is 262 g/mol. The van der Waals surface area contributed by atoms with Gasteiger partial charge in [-0.25, -0.2) is 0 Å². The van der Waals surface area contributed by atoms with Crippen LogP contribution in [0.1, 0.15) is 26.2 Å². The van der Waals surface area contributed by atoms with Crippen LogP contribution in [-0.4, -0.2) is 72.0 Å². The minimum atomic E-state index is -0.441. The fourth-order valence-electron chi connectivity index (χ4n) is 2.13. The van der Waals surface area contributed by atoms with Gasteiger partial charge in [-0.05, 0) is 19.4 Å². The highest BCUT2D eigenvalue weighted by Gasteiger charge is 2.23. The molecule has 2 N–H and O–H groups in total. The van der Waals surface area contributed by atoms with Crippen LogP contribution in [0.15, 0.2) is 0 Å². The van der Waals surface area contributed by atoms with Crippen LogP contribution in [-0.2, 0) is 14.4 Å². The molecule has 3 amide bonds. The van der Waals surface area contributed by atoms with Crippen LogP contribution in [0.25, 0.3) is 0 Å². The lowest BCUT2D eigenvalue weighted by molar-refractivity contribution is -0.136. The Morgan fingerprint density at radius 2 is 2.15 bits per heavy atom. The smallest absolute Gasteiger partial charge is 0.246 e. The molecule has 1 saturated heterocycles. The molecule has 1 heterocycles. The maximum Gasteiger partial charge on any atom is 0.246 e. The Morgan fingerprint density at radius 1 is 1.40 bits per heavy atom. The van der Waals surface area contributed by atoms with Gasteiger partial charge in [0.2, 0.25) is 17.7 Å². The minimum absolute atomic E-state index is 0.0364. The van der Waals surface area contributed by atoms with E-state index >= 15 is 0 Å². The predicted octanol–water partition coefficient (Wildman–Crippen LogP) is -1.04. The summed E-state index contributed by atoms with van der Waals surface area (Å²) in [5.41, 5.74) is 0. The van der Waals surface area contributed by atoms with Gasteiger partial charge in [-0.2, -0.15) is 0 Å². The Balaban J connectivity index is 2.29. The van der Waals surface area contributed by atoms with Crippen molar-refractivity contribution in [3.05, 3.63) is 0 Å². The fourth-order valence-corrected chi connectivity index (χ4v) is 2.13. The van der Waals surface area contributed by atoms with Crippen LogP contribution in [0.2, 0.25) is 0 Å². The molecule has 7 heteroatoms. The number of nitrogens with one attached hydrogen (secondary N) is 1. The van der Waals surface area contributed by atoms with Crippen LogP contribution < -0.4 is 5.32 Å². The zero-order valence-electron chi connectivity index (χ0n) is 11.9. The summed E-state index contributed by atoms with van der Waals surface area (Å²) in [7, 11) is 0. The van der Waals surface area contributed by atoms with Crippen LogP contribution in [0.3, 0.4) is 0 Å². The summed E-state index contributed by atoms with van der Waals surface area (Å²) >= 11 is 0. The molecule has 0 spiro atoms. The lowest BCUT2D eigenvalue weighted by Gasteiger charge is -2.19. The average molecular weight is 285 g/mol. The number of likely N-dealkylation sites (N-methyl/N-ethyl adjacent to an activating group) is 1. The van der Waals surface area contributed by atoms with E-state index in [2.05, 4.69) is 5.32 Å². The first-order chi connectivity index (χ1) is 9.56. The molecule has 114 valence electrons. The van der Waals surface area contributed by atoms with Crippen LogP contribution in [0.5, 0.6) is 0 Å². The summed E-state index contributed by atoms with van der Waals surface area (Å²) in [6.45, 7) is 3.93. The van der Waals surface area contributed by atoms with Crippen molar-refractivity contribution in [1.29, 1.82) is 0 Å². The third-order valence-electron chi connectivity index (χ3n) is 3.23. The molecule has 1 aliphatic heterocycles. The number of aliphatic hydroxyl groups excluding tert-OH is 1. The monoisotopic (exact) mass is 285 g/mol. The van der Waals surface area contributed by atoms with Gasteiger partial charge in [0.1, 0.15) is 0 Å². The Labute approximate surface area is 118 Å². The SMILES string of the molecule is CCN(CCCO)CC(=O)NC(=O)CN1CCCC1=O. The van der Waals surface area contributed by atoms with Gasteiger partial charge >= 0.3 is 0 Å². The molecule has 0 saturated carbocycles. The number of nitrogens with zero attached hydrogens (tertiary/aromatic N) is 2. The maximum atomic E-state index is 11.7. The van der Waals surface area contributed by atoms with Crippen molar-refractivity contribution in [3.63, 3.8) is 0 Å². The highest BCUT2D eigenvalue weighted by molar-refractivity contribution is 5.98. The number of likely N-dealkylation sites (tertiary alicyclic amines) is 1. The number of imide groups is 1. The van der Waals surface area contributed by atoms with Gasteiger partial charge in [0, 0.05) is 26.1 Å². The van der Waals surface area contributed by atoms with Gasteiger partial charge in [0.05, 0.1) is 13.1 Å². The maximum absolute atomic E-state index is 11.7. The van der Waals surface area contributed by atoms with Gasteiger partial charge in [-0.1, -0.05) is 6.92 Å². The molecule has 0 aliphatic carbocycles. The molecule has 7 nitrogen and oxygen atoms in total. The van der Waals surface area contributed by atoms with Crippen molar-refractivity contribution < 1.29 is 19.5 Å². The molecule has 0 aromatic heterocycles. The summed E-state index contributed by atoms with van der Waals surface area (Å²) in [6.07, 6.45) is 1.84. The Bertz CT molecular complexity index is 360. The van der Waals surface area contributed by atoms with Crippen molar-refractivity contribution >= 4 is 17.7 Å². The first-order valence-corrected chi connectivity index (χ1v) is 7.00. The molecule has 0 aromatic rings. The van der Waals surface area contributed by atoms with Crippen LogP contribution in [0.4, 0.5) is 0 Å². The van der Waals surface area contributed by atoms with E-state index in [4.69, 9.17) is 5.11 Å². The van der Waals surface area contributed by atoms with Crippen LogP contribution in [0, 0.1) is 0 Å². The fraction of sp³-hybridized carbons (Fsp3) is 0.769. The summed E-state index contributed by atoms with van der Waals surface area (Å²) in [5, 5.41) is 11.0. The minimum Gasteiger partial charge on any atom is -0.396 e. The molecule has 1 rings (SSSR count). The van der Waals surface area contributed by atoms with E-state index in [-0.39, 0.29) is 31.5 Å². The van der Waals surface area contributed by atoms with Gasteiger partial charge in [-0.15, -0.1) is 0 Å². The molecule has 20 heavy (non-hydrogen) atoms. The number of hydrogen-bond donors (Lipinski definition) is 2. The zero-order valence-corrected chi connectivity index (χ0v) is 11.9. The molecular formula is C13H23N3O4. The topological polar surface area (TPSA) is 89.9 Å². The molecule has 0 radical (unpaired) electrons. The molecule has 0 aromatic carbocycles. The van der Waals surface area contributed by atoms with Crippen molar-refractivity contribution in [1.82, 2.24) is 15.1 Å². The molecule has 0 atom stereocenters. The Morgan fingerprint density at radius 3 is 2.70 bits per heavy atom. The van der Waals surface area contributed by atoms with Crippen molar-refractivity contribution in [2.24, 2.45) is 0 Å². The molecule has 1 aliphatic rings. The highest BCUT2D eigenvalue weighted by atomic mass is 16.3.